The number of ether oxygens (including phenoxy) is 1. The van der Waals surface area contributed by atoms with Gasteiger partial charge in [0.15, 0.2) is 0 Å². The van der Waals surface area contributed by atoms with Crippen molar-refractivity contribution in [2.75, 3.05) is 19.7 Å². The predicted octanol–water partition coefficient (Wildman–Crippen LogP) is 2.77. The third kappa shape index (κ3) is 5.43. The zero-order chi connectivity index (χ0) is 17.0. The number of aliphatic hydroxyl groups excluding tert-OH is 1. The molecule has 0 saturated carbocycles. The summed E-state index contributed by atoms with van der Waals surface area (Å²) in [5, 5.41) is 13.1. The number of likely N-dealkylation sites (tertiary alicyclic amines) is 1. The van der Waals surface area contributed by atoms with Crippen LogP contribution in [-0.2, 0) is 4.74 Å². The summed E-state index contributed by atoms with van der Waals surface area (Å²) < 4.78 is 5.50. The van der Waals surface area contributed by atoms with Crippen molar-refractivity contribution in [2.24, 2.45) is 5.41 Å². The van der Waals surface area contributed by atoms with E-state index in [1.165, 1.54) is 0 Å². The SMILES string of the molecule is CCC(C)(CO)CNC1CCCN(C(=O)OC(C)(C)C)C1C. The van der Waals surface area contributed by atoms with Crippen molar-refractivity contribution < 1.29 is 14.6 Å². The van der Waals surface area contributed by atoms with Crippen LogP contribution in [0.1, 0.15) is 60.8 Å². The Bertz CT molecular complexity index is 361. The average molecular weight is 314 g/mol. The molecule has 1 rings (SSSR count). The van der Waals surface area contributed by atoms with Crippen molar-refractivity contribution >= 4 is 6.09 Å². The maximum atomic E-state index is 12.3. The molecule has 22 heavy (non-hydrogen) atoms. The minimum absolute atomic E-state index is 0.100. The first-order valence-corrected chi connectivity index (χ1v) is 8.46. The Morgan fingerprint density at radius 2 is 2.00 bits per heavy atom. The van der Waals surface area contributed by atoms with E-state index in [9.17, 15) is 9.90 Å². The van der Waals surface area contributed by atoms with Gasteiger partial charge >= 0.3 is 6.09 Å². The van der Waals surface area contributed by atoms with Gasteiger partial charge in [-0.05, 0) is 47.0 Å². The fourth-order valence-electron chi connectivity index (χ4n) is 2.66. The molecule has 0 spiro atoms. The van der Waals surface area contributed by atoms with E-state index in [2.05, 4.69) is 26.1 Å². The molecule has 2 N–H and O–H groups in total. The van der Waals surface area contributed by atoms with Crippen molar-refractivity contribution in [1.82, 2.24) is 10.2 Å². The fourth-order valence-corrected chi connectivity index (χ4v) is 2.66. The van der Waals surface area contributed by atoms with E-state index in [0.717, 1.165) is 32.4 Å². The summed E-state index contributed by atoms with van der Waals surface area (Å²) in [6, 6.07) is 0.349. The molecule has 1 amide bonds. The molecule has 0 aromatic rings. The Labute approximate surface area is 135 Å². The Morgan fingerprint density at radius 1 is 1.36 bits per heavy atom. The third-order valence-electron chi connectivity index (χ3n) is 4.64. The van der Waals surface area contributed by atoms with Crippen LogP contribution >= 0.6 is 0 Å². The standard InChI is InChI=1S/C17H34N2O3/c1-7-17(6,12-20)11-18-14-9-8-10-19(13(14)2)15(21)22-16(3,4)5/h13-14,18,20H,7-12H2,1-6H3. The molecule has 0 radical (unpaired) electrons. The molecule has 1 saturated heterocycles. The van der Waals surface area contributed by atoms with Gasteiger partial charge in [0.1, 0.15) is 5.60 Å². The lowest BCUT2D eigenvalue weighted by Crippen LogP contribution is -2.56. The monoisotopic (exact) mass is 314 g/mol. The number of amides is 1. The summed E-state index contributed by atoms with van der Waals surface area (Å²) in [5.41, 5.74) is -0.567. The molecule has 5 nitrogen and oxygen atoms in total. The molecule has 0 aromatic carbocycles. The highest BCUT2D eigenvalue weighted by Gasteiger charge is 2.34. The summed E-state index contributed by atoms with van der Waals surface area (Å²) in [6.45, 7) is 13.6. The first-order chi connectivity index (χ1) is 10.1. The van der Waals surface area contributed by atoms with Gasteiger partial charge < -0.3 is 20.1 Å². The lowest BCUT2D eigenvalue weighted by atomic mass is 9.87. The molecule has 1 aliphatic rings. The minimum Gasteiger partial charge on any atom is -0.444 e. The number of carbonyl (C=O) groups is 1. The quantitative estimate of drug-likeness (QED) is 0.819. The molecule has 130 valence electrons. The van der Waals surface area contributed by atoms with Crippen LogP contribution in [0.2, 0.25) is 0 Å². The molecule has 5 heteroatoms. The number of hydrogen-bond acceptors (Lipinski definition) is 4. The van der Waals surface area contributed by atoms with E-state index >= 15 is 0 Å². The van der Waals surface area contributed by atoms with E-state index < -0.39 is 5.60 Å². The number of aliphatic hydroxyl groups is 1. The molecule has 1 fully saturated rings. The number of carbonyl (C=O) groups excluding carboxylic acids is 1. The Kier molecular flexibility index (Phi) is 6.68. The van der Waals surface area contributed by atoms with Crippen LogP contribution in [0.5, 0.6) is 0 Å². The molecule has 0 aromatic heterocycles. The molecule has 1 aliphatic heterocycles. The zero-order valence-corrected chi connectivity index (χ0v) is 15.1. The maximum Gasteiger partial charge on any atom is 0.410 e. The van der Waals surface area contributed by atoms with Crippen molar-refractivity contribution in [2.45, 2.75) is 78.5 Å². The van der Waals surface area contributed by atoms with Gasteiger partial charge in [-0.25, -0.2) is 4.79 Å². The van der Waals surface area contributed by atoms with E-state index in [4.69, 9.17) is 4.74 Å². The van der Waals surface area contributed by atoms with Crippen LogP contribution < -0.4 is 5.32 Å². The molecular weight excluding hydrogens is 280 g/mol. The number of hydrogen-bond donors (Lipinski definition) is 2. The molecule has 0 aliphatic carbocycles. The van der Waals surface area contributed by atoms with Crippen LogP contribution in [0.25, 0.3) is 0 Å². The summed E-state index contributed by atoms with van der Waals surface area (Å²) in [6.07, 6.45) is 2.72. The second-order valence-corrected chi connectivity index (χ2v) is 7.87. The van der Waals surface area contributed by atoms with Crippen molar-refractivity contribution in [3.63, 3.8) is 0 Å². The minimum atomic E-state index is -0.463. The van der Waals surface area contributed by atoms with Gasteiger partial charge in [-0.15, -0.1) is 0 Å². The van der Waals surface area contributed by atoms with E-state index in [1.54, 1.807) is 0 Å². The van der Waals surface area contributed by atoms with Crippen LogP contribution in [0, 0.1) is 5.41 Å². The van der Waals surface area contributed by atoms with E-state index in [0.29, 0.717) is 0 Å². The van der Waals surface area contributed by atoms with Crippen molar-refractivity contribution in [3.8, 4) is 0 Å². The Balaban J connectivity index is 2.62. The van der Waals surface area contributed by atoms with E-state index in [1.807, 2.05) is 25.7 Å². The van der Waals surface area contributed by atoms with Crippen LogP contribution in [0.15, 0.2) is 0 Å². The summed E-state index contributed by atoms with van der Waals surface area (Å²) in [4.78, 5) is 14.1. The topological polar surface area (TPSA) is 61.8 Å². The van der Waals surface area contributed by atoms with Gasteiger partial charge in [-0.3, -0.25) is 0 Å². The largest absolute Gasteiger partial charge is 0.444 e. The maximum absolute atomic E-state index is 12.3. The molecule has 3 unspecified atom stereocenters. The summed E-state index contributed by atoms with van der Waals surface area (Å²) >= 11 is 0. The summed E-state index contributed by atoms with van der Waals surface area (Å²) in [7, 11) is 0. The molecule has 3 atom stereocenters. The number of nitrogens with one attached hydrogen (secondary N) is 1. The summed E-state index contributed by atoms with van der Waals surface area (Å²) in [5.74, 6) is 0. The van der Waals surface area contributed by atoms with Gasteiger partial charge in [0.05, 0.1) is 0 Å². The lowest BCUT2D eigenvalue weighted by Gasteiger charge is -2.41. The predicted molar refractivity (Wildman–Crippen MR) is 88.9 cm³/mol. The number of piperidine rings is 1. The first-order valence-electron chi connectivity index (χ1n) is 8.46. The van der Waals surface area contributed by atoms with Gasteiger partial charge in [0, 0.05) is 37.2 Å². The highest BCUT2D eigenvalue weighted by molar-refractivity contribution is 5.68. The first kappa shape index (κ1) is 19.2. The Hall–Kier alpha value is -0.810. The van der Waals surface area contributed by atoms with Crippen LogP contribution in [0.4, 0.5) is 4.79 Å². The number of nitrogens with zero attached hydrogens (tertiary/aromatic N) is 1. The Morgan fingerprint density at radius 3 is 2.50 bits per heavy atom. The van der Waals surface area contributed by atoms with E-state index in [-0.39, 0.29) is 30.2 Å². The fraction of sp³-hybridized carbons (Fsp3) is 0.941. The van der Waals surface area contributed by atoms with Crippen LogP contribution in [-0.4, -0.2) is 53.5 Å². The smallest absolute Gasteiger partial charge is 0.410 e. The van der Waals surface area contributed by atoms with Gasteiger partial charge in [0.2, 0.25) is 0 Å². The second-order valence-electron chi connectivity index (χ2n) is 7.87. The lowest BCUT2D eigenvalue weighted by molar-refractivity contribution is 0.00586. The molecule has 0 bridgehead atoms. The highest BCUT2D eigenvalue weighted by Crippen LogP contribution is 2.23. The van der Waals surface area contributed by atoms with Gasteiger partial charge in [-0.2, -0.15) is 0 Å². The van der Waals surface area contributed by atoms with Gasteiger partial charge in [-0.1, -0.05) is 13.8 Å². The van der Waals surface area contributed by atoms with Gasteiger partial charge in [0.25, 0.3) is 0 Å². The van der Waals surface area contributed by atoms with Crippen LogP contribution in [0.3, 0.4) is 0 Å². The third-order valence-corrected chi connectivity index (χ3v) is 4.64. The number of rotatable bonds is 5. The zero-order valence-electron chi connectivity index (χ0n) is 15.1. The van der Waals surface area contributed by atoms with Crippen molar-refractivity contribution in [3.05, 3.63) is 0 Å². The van der Waals surface area contributed by atoms with Crippen molar-refractivity contribution in [1.29, 1.82) is 0 Å². The highest BCUT2D eigenvalue weighted by atomic mass is 16.6. The second kappa shape index (κ2) is 7.64. The normalized spacial score (nSPS) is 25.7. The molecule has 1 heterocycles. The average Bonchev–Trinajstić information content (AvgIpc) is 2.44. The molecular formula is C17H34N2O3.